The van der Waals surface area contributed by atoms with Crippen LogP contribution < -0.4 is 4.90 Å². The maximum absolute atomic E-state index is 11.3. The molecule has 2 nitrogen and oxygen atoms in total. The van der Waals surface area contributed by atoms with Crippen LogP contribution in [0.5, 0.6) is 0 Å². The molecular formula is C14H17NO. The van der Waals surface area contributed by atoms with Crippen LogP contribution in [0.2, 0.25) is 0 Å². The molecule has 2 heteroatoms. The van der Waals surface area contributed by atoms with Crippen molar-refractivity contribution in [1.29, 1.82) is 0 Å². The van der Waals surface area contributed by atoms with Gasteiger partial charge in [0.05, 0.1) is 0 Å². The highest BCUT2D eigenvalue weighted by atomic mass is 16.1. The molecule has 0 aromatic heterocycles. The number of anilines is 1. The molecule has 2 rings (SSSR count). The van der Waals surface area contributed by atoms with Gasteiger partial charge < -0.3 is 4.90 Å². The number of allylic oxidation sites excluding steroid dienone is 2. The van der Waals surface area contributed by atoms with Crippen LogP contribution in [0.4, 0.5) is 5.69 Å². The zero-order chi connectivity index (χ0) is 11.9. The van der Waals surface area contributed by atoms with E-state index in [0.29, 0.717) is 0 Å². The van der Waals surface area contributed by atoms with Crippen LogP contribution in [-0.2, 0) is 10.2 Å². The molecule has 0 radical (unpaired) electrons. The minimum atomic E-state index is -0.0863. The molecule has 0 N–H and O–H groups in total. The number of nitrogens with zero attached hydrogens (tertiary/aromatic N) is 1. The number of fused-ring (bicyclic) bond motifs is 1. The molecule has 0 saturated carbocycles. The quantitative estimate of drug-likeness (QED) is 0.671. The van der Waals surface area contributed by atoms with Gasteiger partial charge in [-0.1, -0.05) is 32.0 Å². The van der Waals surface area contributed by atoms with Gasteiger partial charge in [-0.2, -0.15) is 0 Å². The number of benzene rings is 1. The van der Waals surface area contributed by atoms with E-state index in [1.54, 1.807) is 13.0 Å². The predicted molar refractivity (Wildman–Crippen MR) is 66.6 cm³/mol. The van der Waals surface area contributed by atoms with Crippen molar-refractivity contribution in [1.82, 2.24) is 0 Å². The van der Waals surface area contributed by atoms with Crippen molar-refractivity contribution in [2.75, 3.05) is 11.9 Å². The van der Waals surface area contributed by atoms with Crippen LogP contribution in [0.25, 0.3) is 0 Å². The Morgan fingerprint density at radius 3 is 2.50 bits per heavy atom. The van der Waals surface area contributed by atoms with Gasteiger partial charge in [0, 0.05) is 29.9 Å². The van der Waals surface area contributed by atoms with Gasteiger partial charge in [-0.3, -0.25) is 4.79 Å². The van der Waals surface area contributed by atoms with E-state index in [0.717, 1.165) is 5.70 Å². The third kappa shape index (κ3) is 1.45. The first-order chi connectivity index (χ1) is 7.44. The van der Waals surface area contributed by atoms with E-state index in [9.17, 15) is 4.79 Å². The molecule has 0 aliphatic carbocycles. The number of likely N-dealkylation sites (N-methyl/N-ethyl adjacent to an activating group) is 1. The van der Waals surface area contributed by atoms with Crippen molar-refractivity contribution in [3.05, 3.63) is 41.6 Å². The van der Waals surface area contributed by atoms with Crippen LogP contribution in [0, 0.1) is 0 Å². The summed E-state index contributed by atoms with van der Waals surface area (Å²) in [6, 6.07) is 8.30. The lowest BCUT2D eigenvalue weighted by atomic mass is 9.83. The summed E-state index contributed by atoms with van der Waals surface area (Å²) in [7, 11) is 2.02. The first kappa shape index (κ1) is 10.9. The number of rotatable bonds is 1. The average molecular weight is 215 g/mol. The van der Waals surface area contributed by atoms with Gasteiger partial charge in [-0.05, 0) is 18.6 Å². The van der Waals surface area contributed by atoms with Gasteiger partial charge in [0.15, 0.2) is 5.78 Å². The van der Waals surface area contributed by atoms with E-state index in [1.807, 2.05) is 19.2 Å². The molecule has 16 heavy (non-hydrogen) atoms. The van der Waals surface area contributed by atoms with Gasteiger partial charge in [0.2, 0.25) is 0 Å². The largest absolute Gasteiger partial charge is 0.347 e. The third-order valence-electron chi connectivity index (χ3n) is 3.28. The molecule has 0 bridgehead atoms. The summed E-state index contributed by atoms with van der Waals surface area (Å²) < 4.78 is 0. The Morgan fingerprint density at radius 2 is 1.94 bits per heavy atom. The van der Waals surface area contributed by atoms with Crippen molar-refractivity contribution in [2.45, 2.75) is 26.2 Å². The van der Waals surface area contributed by atoms with Crippen LogP contribution in [0.3, 0.4) is 0 Å². The van der Waals surface area contributed by atoms with Crippen molar-refractivity contribution < 1.29 is 4.79 Å². The molecule has 1 aromatic rings. The monoisotopic (exact) mass is 215 g/mol. The van der Waals surface area contributed by atoms with Gasteiger partial charge in [-0.25, -0.2) is 0 Å². The van der Waals surface area contributed by atoms with Crippen molar-refractivity contribution in [3.63, 3.8) is 0 Å². The Labute approximate surface area is 96.6 Å². The summed E-state index contributed by atoms with van der Waals surface area (Å²) in [5.74, 6) is 0.0998. The topological polar surface area (TPSA) is 20.3 Å². The highest BCUT2D eigenvalue weighted by molar-refractivity contribution is 5.90. The maximum atomic E-state index is 11.3. The van der Waals surface area contributed by atoms with Gasteiger partial charge in [0.25, 0.3) is 0 Å². The number of ketones is 1. The predicted octanol–water partition coefficient (Wildman–Crippen LogP) is 2.89. The van der Waals surface area contributed by atoms with Crippen LogP contribution in [0.15, 0.2) is 36.0 Å². The Hall–Kier alpha value is -1.57. The first-order valence-electron chi connectivity index (χ1n) is 5.50. The Bertz CT molecular complexity index is 471. The summed E-state index contributed by atoms with van der Waals surface area (Å²) in [5, 5.41) is 0. The van der Waals surface area contributed by atoms with Crippen molar-refractivity contribution in [3.8, 4) is 0 Å². The molecule has 1 aromatic carbocycles. The Morgan fingerprint density at radius 1 is 1.31 bits per heavy atom. The fraction of sp³-hybridized carbons (Fsp3) is 0.357. The molecule has 0 amide bonds. The second kappa shape index (κ2) is 3.48. The molecule has 0 atom stereocenters. The van der Waals surface area contributed by atoms with E-state index < -0.39 is 0 Å². The normalized spacial score (nSPS) is 20.0. The van der Waals surface area contributed by atoms with E-state index in [-0.39, 0.29) is 11.2 Å². The fourth-order valence-corrected chi connectivity index (χ4v) is 2.45. The van der Waals surface area contributed by atoms with Crippen molar-refractivity contribution in [2.24, 2.45) is 0 Å². The highest BCUT2D eigenvalue weighted by Gasteiger charge is 2.38. The lowest BCUT2D eigenvalue weighted by molar-refractivity contribution is -0.112. The van der Waals surface area contributed by atoms with Gasteiger partial charge in [0.1, 0.15) is 0 Å². The van der Waals surface area contributed by atoms with E-state index in [4.69, 9.17) is 0 Å². The standard InChI is InChI=1S/C14H17NO/c1-10(16)9-13-14(2,3)11-7-5-6-8-12(11)15(13)4/h5-9H,1-4H3/b13-9-. The number of carbonyl (C=O) groups excluding carboxylic acids is 1. The summed E-state index contributed by atoms with van der Waals surface area (Å²) in [6.45, 7) is 5.91. The number of hydrogen-bond acceptors (Lipinski definition) is 2. The zero-order valence-corrected chi connectivity index (χ0v) is 10.2. The molecule has 0 saturated heterocycles. The molecule has 0 unspecified atom stereocenters. The van der Waals surface area contributed by atoms with E-state index in [2.05, 4.69) is 30.9 Å². The average Bonchev–Trinajstić information content (AvgIpc) is 2.41. The molecular weight excluding hydrogens is 198 g/mol. The Balaban J connectivity index is 2.62. The van der Waals surface area contributed by atoms with E-state index in [1.165, 1.54) is 11.3 Å². The first-order valence-corrected chi connectivity index (χ1v) is 5.50. The molecule has 0 fully saturated rings. The molecule has 84 valence electrons. The molecule has 1 aliphatic rings. The molecule has 0 spiro atoms. The lowest BCUT2D eigenvalue weighted by Gasteiger charge is -2.23. The Kier molecular flexibility index (Phi) is 2.38. The molecule has 1 aliphatic heterocycles. The number of para-hydroxylation sites is 1. The van der Waals surface area contributed by atoms with E-state index >= 15 is 0 Å². The minimum absolute atomic E-state index is 0.0863. The fourth-order valence-electron chi connectivity index (χ4n) is 2.45. The number of carbonyl (C=O) groups is 1. The zero-order valence-electron chi connectivity index (χ0n) is 10.2. The summed E-state index contributed by atoms with van der Waals surface area (Å²) in [5.41, 5.74) is 3.46. The smallest absolute Gasteiger partial charge is 0.154 e. The van der Waals surface area contributed by atoms with Gasteiger partial charge in [-0.15, -0.1) is 0 Å². The third-order valence-corrected chi connectivity index (χ3v) is 3.28. The second-order valence-corrected chi connectivity index (χ2v) is 4.84. The number of hydrogen-bond donors (Lipinski definition) is 0. The SMILES string of the molecule is CC(=O)/C=C1\N(C)c2ccccc2C1(C)C. The summed E-state index contributed by atoms with van der Waals surface area (Å²) in [4.78, 5) is 13.4. The highest BCUT2D eigenvalue weighted by Crippen LogP contribution is 2.46. The summed E-state index contributed by atoms with van der Waals surface area (Å²) in [6.07, 6.45) is 1.74. The minimum Gasteiger partial charge on any atom is -0.347 e. The van der Waals surface area contributed by atoms with Crippen LogP contribution in [0.1, 0.15) is 26.3 Å². The van der Waals surface area contributed by atoms with Crippen molar-refractivity contribution >= 4 is 11.5 Å². The molecule has 1 heterocycles. The van der Waals surface area contributed by atoms with Crippen LogP contribution >= 0.6 is 0 Å². The summed E-state index contributed by atoms with van der Waals surface area (Å²) >= 11 is 0. The second-order valence-electron chi connectivity index (χ2n) is 4.84. The van der Waals surface area contributed by atoms with Crippen LogP contribution in [-0.4, -0.2) is 12.8 Å². The van der Waals surface area contributed by atoms with Gasteiger partial charge >= 0.3 is 0 Å². The lowest BCUT2D eigenvalue weighted by Crippen LogP contribution is -2.23. The maximum Gasteiger partial charge on any atom is 0.154 e.